The Balaban J connectivity index is 2.05. The Kier molecular flexibility index (Phi) is 5.07. The van der Waals surface area contributed by atoms with Crippen molar-refractivity contribution in [1.82, 2.24) is 13.9 Å². The van der Waals surface area contributed by atoms with Crippen LogP contribution in [0.5, 0.6) is 0 Å². The lowest BCUT2D eigenvalue weighted by atomic mass is 10.1. The largest absolute Gasteiger partial charge is 0.419 e. The molecule has 4 rings (SSSR count). The molecule has 0 spiro atoms. The molecule has 0 saturated carbocycles. The van der Waals surface area contributed by atoms with Gasteiger partial charge in [0.05, 0.1) is 16.1 Å². The van der Waals surface area contributed by atoms with Gasteiger partial charge in [0.25, 0.3) is 10.0 Å². The Morgan fingerprint density at radius 2 is 1.67 bits per heavy atom. The van der Waals surface area contributed by atoms with E-state index >= 15 is 0 Å². The highest BCUT2D eigenvalue weighted by molar-refractivity contribution is 7.98. The minimum atomic E-state index is -4.70. The van der Waals surface area contributed by atoms with Crippen molar-refractivity contribution in [2.75, 3.05) is 6.26 Å². The molecule has 30 heavy (non-hydrogen) atoms. The number of para-hydroxylation sites is 1. The molecule has 0 amide bonds. The summed E-state index contributed by atoms with van der Waals surface area (Å²) in [7, 11) is -4.03. The Bertz CT molecular complexity index is 1330. The van der Waals surface area contributed by atoms with Crippen LogP contribution < -0.4 is 0 Å². The number of hydrogen-bond donors (Lipinski definition) is 0. The lowest BCUT2D eigenvalue weighted by Crippen LogP contribution is -2.12. The Morgan fingerprint density at radius 1 is 1.00 bits per heavy atom. The van der Waals surface area contributed by atoms with Gasteiger partial charge in [-0.25, -0.2) is 22.4 Å². The number of hydrogen-bond acceptors (Lipinski definition) is 5. The van der Waals surface area contributed by atoms with E-state index in [9.17, 15) is 21.6 Å². The highest BCUT2D eigenvalue weighted by atomic mass is 32.2. The van der Waals surface area contributed by atoms with Gasteiger partial charge in [-0.3, -0.25) is 0 Å². The van der Waals surface area contributed by atoms with Crippen molar-refractivity contribution >= 4 is 32.7 Å². The van der Waals surface area contributed by atoms with Gasteiger partial charge in [-0.15, -0.1) is 0 Å². The van der Waals surface area contributed by atoms with Crippen LogP contribution in [0, 0.1) is 0 Å². The average molecular weight is 449 g/mol. The van der Waals surface area contributed by atoms with E-state index in [0.29, 0.717) is 5.39 Å². The summed E-state index contributed by atoms with van der Waals surface area (Å²) in [6.45, 7) is 0. The van der Waals surface area contributed by atoms with Crippen molar-refractivity contribution in [3.05, 3.63) is 72.6 Å². The molecule has 2 aromatic carbocycles. The number of thioether (sulfide) groups is 1. The second kappa shape index (κ2) is 7.44. The second-order valence-corrected chi connectivity index (χ2v) is 8.88. The molecule has 5 nitrogen and oxygen atoms in total. The SMILES string of the molecule is CSc1ncc(C(F)(F)F)c(-c2cn(S(=O)(=O)c3ccccc3)c3ccccc23)n1. The third-order valence-electron chi connectivity index (χ3n) is 4.49. The first-order chi connectivity index (χ1) is 14.2. The van der Waals surface area contributed by atoms with Crippen LogP contribution in [0.1, 0.15) is 5.56 Å². The predicted molar refractivity (Wildman–Crippen MR) is 109 cm³/mol. The Hall–Kier alpha value is -2.85. The fourth-order valence-electron chi connectivity index (χ4n) is 3.12. The molecule has 0 fully saturated rings. The van der Waals surface area contributed by atoms with Gasteiger partial charge < -0.3 is 0 Å². The first-order valence-corrected chi connectivity index (χ1v) is 11.3. The number of fused-ring (bicyclic) bond motifs is 1. The number of halogens is 3. The number of aromatic nitrogens is 3. The summed E-state index contributed by atoms with van der Waals surface area (Å²) in [6, 6.07) is 14.1. The van der Waals surface area contributed by atoms with Gasteiger partial charge in [0, 0.05) is 23.3 Å². The molecule has 0 bridgehead atoms. The van der Waals surface area contributed by atoms with Gasteiger partial charge in [-0.1, -0.05) is 48.2 Å². The molecular formula is C20H14F3N3O2S2. The fraction of sp³-hybridized carbons (Fsp3) is 0.100. The molecule has 154 valence electrons. The van der Waals surface area contributed by atoms with E-state index in [-0.39, 0.29) is 26.8 Å². The summed E-state index contributed by atoms with van der Waals surface area (Å²) in [5, 5.41) is 0.494. The highest BCUT2D eigenvalue weighted by Gasteiger charge is 2.36. The van der Waals surface area contributed by atoms with Crippen molar-refractivity contribution in [1.29, 1.82) is 0 Å². The molecule has 2 heterocycles. The molecule has 2 aromatic heterocycles. The van der Waals surface area contributed by atoms with Gasteiger partial charge >= 0.3 is 6.18 Å². The quantitative estimate of drug-likeness (QED) is 0.321. The molecule has 0 N–H and O–H groups in total. The minimum Gasteiger partial charge on any atom is -0.240 e. The first kappa shape index (κ1) is 20.4. The van der Waals surface area contributed by atoms with E-state index in [1.165, 1.54) is 18.3 Å². The summed E-state index contributed by atoms with van der Waals surface area (Å²) in [5.74, 6) is 0. The summed E-state index contributed by atoms with van der Waals surface area (Å²) < 4.78 is 68.4. The number of benzene rings is 2. The van der Waals surface area contributed by atoms with E-state index < -0.39 is 21.8 Å². The third kappa shape index (κ3) is 3.46. The third-order valence-corrected chi connectivity index (χ3v) is 6.74. The van der Waals surface area contributed by atoms with Crippen LogP contribution in [0.2, 0.25) is 0 Å². The van der Waals surface area contributed by atoms with E-state index in [1.807, 2.05) is 0 Å². The van der Waals surface area contributed by atoms with Gasteiger partial charge in [-0.05, 0) is 24.5 Å². The molecule has 0 saturated heterocycles. The molecule has 10 heteroatoms. The summed E-state index contributed by atoms with van der Waals surface area (Å²) in [5.41, 5.74) is -1.07. The van der Waals surface area contributed by atoms with Crippen LogP contribution in [0.25, 0.3) is 22.2 Å². The minimum absolute atomic E-state index is 0.0286. The normalized spacial score (nSPS) is 12.4. The maximum Gasteiger partial charge on any atom is 0.419 e. The Morgan fingerprint density at radius 3 is 2.33 bits per heavy atom. The smallest absolute Gasteiger partial charge is 0.240 e. The van der Waals surface area contributed by atoms with Gasteiger partial charge in [0.15, 0.2) is 5.16 Å². The topological polar surface area (TPSA) is 64.8 Å². The number of rotatable bonds is 4. The number of alkyl halides is 3. The van der Waals surface area contributed by atoms with Crippen LogP contribution in [0.15, 0.2) is 77.0 Å². The highest BCUT2D eigenvalue weighted by Crippen LogP contribution is 2.40. The summed E-state index contributed by atoms with van der Waals surface area (Å²) in [6.07, 6.45) is -1.13. The monoisotopic (exact) mass is 449 g/mol. The fourth-order valence-corrected chi connectivity index (χ4v) is 4.85. The van der Waals surface area contributed by atoms with E-state index in [1.54, 1.807) is 48.7 Å². The van der Waals surface area contributed by atoms with Crippen LogP contribution in [0.4, 0.5) is 13.2 Å². The van der Waals surface area contributed by atoms with Crippen molar-refractivity contribution in [3.63, 3.8) is 0 Å². The van der Waals surface area contributed by atoms with E-state index in [4.69, 9.17) is 0 Å². The zero-order chi connectivity index (χ0) is 21.5. The zero-order valence-corrected chi connectivity index (χ0v) is 17.1. The second-order valence-electron chi connectivity index (χ2n) is 6.29. The molecule has 0 aliphatic heterocycles. The Labute approximate surface area is 174 Å². The lowest BCUT2D eigenvalue weighted by Gasteiger charge is -2.11. The molecule has 0 aliphatic rings. The maximum atomic E-state index is 13.7. The zero-order valence-electron chi connectivity index (χ0n) is 15.5. The summed E-state index contributed by atoms with van der Waals surface area (Å²) in [4.78, 5) is 7.84. The van der Waals surface area contributed by atoms with Crippen molar-refractivity contribution < 1.29 is 21.6 Å². The van der Waals surface area contributed by atoms with Crippen LogP contribution in [-0.2, 0) is 16.2 Å². The van der Waals surface area contributed by atoms with Crippen molar-refractivity contribution in [3.8, 4) is 11.3 Å². The molecule has 4 aromatic rings. The molecular weight excluding hydrogens is 435 g/mol. The molecule has 0 radical (unpaired) electrons. The van der Waals surface area contributed by atoms with Crippen LogP contribution in [0.3, 0.4) is 0 Å². The molecule has 0 atom stereocenters. The van der Waals surface area contributed by atoms with E-state index in [2.05, 4.69) is 9.97 Å². The molecule has 0 aliphatic carbocycles. The van der Waals surface area contributed by atoms with Gasteiger partial charge in [-0.2, -0.15) is 13.2 Å². The standard InChI is InChI=1S/C20H14F3N3O2S2/c1-29-19-24-11-16(20(21,22)23)18(25-19)15-12-26(17-10-6-5-9-14(15)17)30(27,28)13-7-3-2-4-8-13/h2-12H,1H3. The van der Waals surface area contributed by atoms with Crippen molar-refractivity contribution in [2.24, 2.45) is 0 Å². The predicted octanol–water partition coefficient (Wildman–Crippen LogP) is 5.08. The van der Waals surface area contributed by atoms with Gasteiger partial charge in [0.2, 0.25) is 0 Å². The van der Waals surface area contributed by atoms with Crippen LogP contribution >= 0.6 is 11.8 Å². The van der Waals surface area contributed by atoms with E-state index in [0.717, 1.165) is 21.9 Å². The first-order valence-electron chi connectivity index (χ1n) is 8.63. The summed E-state index contributed by atoms with van der Waals surface area (Å²) >= 11 is 1.10. The van der Waals surface area contributed by atoms with Crippen LogP contribution in [-0.4, -0.2) is 28.6 Å². The number of nitrogens with zero attached hydrogens (tertiary/aromatic N) is 3. The molecule has 0 unspecified atom stereocenters. The van der Waals surface area contributed by atoms with Crippen molar-refractivity contribution in [2.45, 2.75) is 16.2 Å². The lowest BCUT2D eigenvalue weighted by molar-refractivity contribution is -0.137. The maximum absolute atomic E-state index is 13.7. The van der Waals surface area contributed by atoms with Gasteiger partial charge in [0.1, 0.15) is 5.56 Å². The average Bonchev–Trinajstić information content (AvgIpc) is 3.14.